The molecule has 2 aromatic carbocycles. The van der Waals surface area contributed by atoms with Gasteiger partial charge in [-0.1, -0.05) is 17.7 Å². The van der Waals surface area contributed by atoms with Crippen molar-refractivity contribution in [3.63, 3.8) is 0 Å². The highest BCUT2D eigenvalue weighted by Crippen LogP contribution is 2.23. The number of aryl methyl sites for hydroxylation is 1. The lowest BCUT2D eigenvalue weighted by molar-refractivity contribution is 0.400. The van der Waals surface area contributed by atoms with E-state index in [0.29, 0.717) is 5.11 Å². The molecule has 0 radical (unpaired) electrons. The van der Waals surface area contributed by atoms with Crippen LogP contribution in [0, 0.1) is 6.92 Å². The smallest absolute Gasteiger partial charge is 0.170 e. The number of ether oxygens (including phenoxy) is 1. The first kappa shape index (κ1) is 18.2. The summed E-state index contributed by atoms with van der Waals surface area (Å²) in [6.45, 7) is 3.96. The Morgan fingerprint density at radius 2 is 1.58 bits per heavy atom. The predicted molar refractivity (Wildman–Crippen MR) is 105 cm³/mol. The first-order chi connectivity index (χ1) is 11.5. The van der Waals surface area contributed by atoms with E-state index in [2.05, 4.69) is 36.6 Å². The first-order valence-electron chi connectivity index (χ1n) is 8.07. The molecule has 0 bridgehead atoms. The van der Waals surface area contributed by atoms with E-state index in [1.165, 1.54) is 5.56 Å². The van der Waals surface area contributed by atoms with E-state index < -0.39 is 0 Å². The van der Waals surface area contributed by atoms with Crippen LogP contribution in [-0.2, 0) is 0 Å². The molecule has 0 aliphatic carbocycles. The molecule has 0 spiro atoms. The molecule has 0 fully saturated rings. The van der Waals surface area contributed by atoms with Crippen molar-refractivity contribution in [2.45, 2.75) is 13.3 Å². The summed E-state index contributed by atoms with van der Waals surface area (Å²) in [5.41, 5.74) is 2.16. The second-order valence-corrected chi connectivity index (χ2v) is 6.39. The molecule has 0 saturated heterocycles. The summed E-state index contributed by atoms with van der Waals surface area (Å²) in [7, 11) is 4.13. The van der Waals surface area contributed by atoms with Crippen LogP contribution in [-0.4, -0.2) is 37.2 Å². The third-order valence-electron chi connectivity index (χ3n) is 3.44. The van der Waals surface area contributed by atoms with Gasteiger partial charge in [-0.25, -0.2) is 0 Å². The van der Waals surface area contributed by atoms with Crippen LogP contribution in [0.25, 0.3) is 0 Å². The van der Waals surface area contributed by atoms with E-state index in [4.69, 9.17) is 17.0 Å². The maximum atomic E-state index is 5.81. The number of nitrogens with zero attached hydrogens (tertiary/aromatic N) is 1. The standard InChI is InChI=1S/C19H25N3OS/c1-15-5-9-17(10-6-15)23-18-11-7-16(8-12-18)21-19(24)20-13-4-14-22(2)3/h5-12H,4,13-14H2,1-3H3,(H2,20,21,24). The minimum atomic E-state index is 0.640. The molecule has 0 saturated carbocycles. The summed E-state index contributed by atoms with van der Waals surface area (Å²) in [5.74, 6) is 1.63. The zero-order valence-corrected chi connectivity index (χ0v) is 15.3. The van der Waals surface area contributed by atoms with Gasteiger partial charge in [0.2, 0.25) is 0 Å². The Balaban J connectivity index is 1.79. The fraction of sp³-hybridized carbons (Fsp3) is 0.316. The van der Waals surface area contributed by atoms with Crippen LogP contribution in [0.3, 0.4) is 0 Å². The maximum Gasteiger partial charge on any atom is 0.170 e. The van der Waals surface area contributed by atoms with Gasteiger partial charge in [0.15, 0.2) is 5.11 Å². The van der Waals surface area contributed by atoms with Gasteiger partial charge in [0.25, 0.3) is 0 Å². The van der Waals surface area contributed by atoms with Crippen LogP contribution in [0.5, 0.6) is 11.5 Å². The second-order valence-electron chi connectivity index (χ2n) is 5.98. The molecule has 2 N–H and O–H groups in total. The van der Waals surface area contributed by atoms with Gasteiger partial charge in [0.1, 0.15) is 11.5 Å². The van der Waals surface area contributed by atoms with Crippen molar-refractivity contribution in [3.8, 4) is 11.5 Å². The molecule has 128 valence electrons. The molecule has 0 heterocycles. The number of anilines is 1. The monoisotopic (exact) mass is 343 g/mol. The van der Waals surface area contributed by atoms with Crippen LogP contribution in [0.2, 0.25) is 0 Å². The van der Waals surface area contributed by atoms with Crippen LogP contribution in [0.1, 0.15) is 12.0 Å². The van der Waals surface area contributed by atoms with E-state index in [-0.39, 0.29) is 0 Å². The quantitative estimate of drug-likeness (QED) is 0.586. The normalized spacial score (nSPS) is 10.5. The summed E-state index contributed by atoms with van der Waals surface area (Å²) in [6.07, 6.45) is 1.05. The zero-order valence-electron chi connectivity index (χ0n) is 14.5. The lowest BCUT2D eigenvalue weighted by Gasteiger charge is -2.13. The number of nitrogens with one attached hydrogen (secondary N) is 2. The van der Waals surface area contributed by atoms with Crippen molar-refractivity contribution in [1.29, 1.82) is 0 Å². The molecule has 0 aliphatic heterocycles. The number of rotatable bonds is 7. The number of hydrogen-bond acceptors (Lipinski definition) is 3. The summed E-state index contributed by atoms with van der Waals surface area (Å²) >= 11 is 5.30. The van der Waals surface area contributed by atoms with Crippen molar-refractivity contribution < 1.29 is 4.74 Å². The highest BCUT2D eigenvalue weighted by atomic mass is 32.1. The lowest BCUT2D eigenvalue weighted by Crippen LogP contribution is -2.30. The molecule has 0 atom stereocenters. The third kappa shape index (κ3) is 6.56. The molecule has 2 aromatic rings. The first-order valence-corrected chi connectivity index (χ1v) is 8.48. The third-order valence-corrected chi connectivity index (χ3v) is 3.68. The summed E-state index contributed by atoms with van der Waals surface area (Å²) < 4.78 is 5.81. The van der Waals surface area contributed by atoms with Crippen LogP contribution < -0.4 is 15.4 Å². The largest absolute Gasteiger partial charge is 0.457 e. The van der Waals surface area contributed by atoms with Gasteiger partial charge in [-0.3, -0.25) is 0 Å². The average molecular weight is 343 g/mol. The molecular formula is C19H25N3OS. The summed E-state index contributed by atoms with van der Waals surface area (Å²) in [5, 5.41) is 7.03. The molecule has 5 heteroatoms. The maximum absolute atomic E-state index is 5.81. The van der Waals surface area contributed by atoms with Crippen molar-refractivity contribution >= 4 is 23.0 Å². The summed E-state index contributed by atoms with van der Waals surface area (Å²) in [6, 6.07) is 15.8. The Morgan fingerprint density at radius 3 is 2.17 bits per heavy atom. The number of hydrogen-bond donors (Lipinski definition) is 2. The van der Waals surface area contributed by atoms with Crippen molar-refractivity contribution in [1.82, 2.24) is 10.2 Å². The molecule has 2 rings (SSSR count). The minimum absolute atomic E-state index is 0.640. The second kappa shape index (κ2) is 9.25. The van der Waals surface area contributed by atoms with Crippen LogP contribution in [0.15, 0.2) is 48.5 Å². The molecular weight excluding hydrogens is 318 g/mol. The SMILES string of the molecule is Cc1ccc(Oc2ccc(NC(=S)NCCCN(C)C)cc2)cc1. The van der Waals surface area contributed by atoms with Crippen molar-refractivity contribution in [3.05, 3.63) is 54.1 Å². The average Bonchev–Trinajstić information content (AvgIpc) is 2.55. The van der Waals surface area contributed by atoms with E-state index in [1.54, 1.807) is 0 Å². The van der Waals surface area contributed by atoms with Gasteiger partial charge in [-0.2, -0.15) is 0 Å². The molecule has 24 heavy (non-hydrogen) atoms. The Labute approximate surface area is 149 Å². The highest BCUT2D eigenvalue weighted by molar-refractivity contribution is 7.80. The van der Waals surface area contributed by atoms with Gasteiger partial charge in [-0.15, -0.1) is 0 Å². The Morgan fingerprint density at radius 1 is 1.00 bits per heavy atom. The van der Waals surface area contributed by atoms with Gasteiger partial charge >= 0.3 is 0 Å². The molecule has 0 aliphatic rings. The molecule has 0 unspecified atom stereocenters. The minimum Gasteiger partial charge on any atom is -0.457 e. The van der Waals surface area contributed by atoms with Crippen molar-refractivity contribution in [2.24, 2.45) is 0 Å². The van der Waals surface area contributed by atoms with Gasteiger partial charge in [0.05, 0.1) is 0 Å². The fourth-order valence-corrected chi connectivity index (χ4v) is 2.34. The fourth-order valence-electron chi connectivity index (χ4n) is 2.12. The molecule has 0 aromatic heterocycles. The lowest BCUT2D eigenvalue weighted by atomic mass is 10.2. The topological polar surface area (TPSA) is 36.5 Å². The zero-order chi connectivity index (χ0) is 17.4. The van der Waals surface area contributed by atoms with E-state index in [1.807, 2.05) is 48.5 Å². The van der Waals surface area contributed by atoms with Gasteiger partial charge in [0, 0.05) is 12.2 Å². The molecule has 0 amide bonds. The van der Waals surface area contributed by atoms with Gasteiger partial charge < -0.3 is 20.3 Å². The van der Waals surface area contributed by atoms with Crippen LogP contribution in [0.4, 0.5) is 5.69 Å². The highest BCUT2D eigenvalue weighted by Gasteiger charge is 2.00. The Kier molecular flexibility index (Phi) is 7.03. The Hall–Kier alpha value is -2.11. The number of benzene rings is 2. The van der Waals surface area contributed by atoms with Crippen LogP contribution >= 0.6 is 12.2 Å². The summed E-state index contributed by atoms with van der Waals surface area (Å²) in [4.78, 5) is 2.16. The Bertz CT molecular complexity index is 639. The molecule has 4 nitrogen and oxygen atoms in total. The number of thiocarbonyl (C=S) groups is 1. The van der Waals surface area contributed by atoms with E-state index >= 15 is 0 Å². The van der Waals surface area contributed by atoms with E-state index in [9.17, 15) is 0 Å². The van der Waals surface area contributed by atoms with Crippen molar-refractivity contribution in [2.75, 3.05) is 32.5 Å². The van der Waals surface area contributed by atoms with E-state index in [0.717, 1.165) is 36.7 Å². The van der Waals surface area contributed by atoms with Gasteiger partial charge in [-0.05, 0) is 82.6 Å². The predicted octanol–water partition coefficient (Wildman–Crippen LogP) is 4.03.